The van der Waals surface area contributed by atoms with Crippen molar-refractivity contribution in [2.75, 3.05) is 13.2 Å². The van der Waals surface area contributed by atoms with E-state index >= 15 is 0 Å². The zero-order valence-corrected chi connectivity index (χ0v) is 9.16. The largest absolute Gasteiger partial charge is 0.492 e. The van der Waals surface area contributed by atoms with Gasteiger partial charge in [0.05, 0.1) is 13.2 Å². The highest BCUT2D eigenvalue weighted by molar-refractivity contribution is 5.56. The Bertz CT molecular complexity index is 392. The van der Waals surface area contributed by atoms with E-state index in [1.807, 2.05) is 18.2 Å². The van der Waals surface area contributed by atoms with E-state index in [1.165, 1.54) is 5.56 Å². The van der Waals surface area contributed by atoms with Gasteiger partial charge in [0.15, 0.2) is 0 Å². The molecule has 1 N–H and O–H groups in total. The number of benzene rings is 1. The van der Waals surface area contributed by atoms with E-state index in [2.05, 4.69) is 19.9 Å². The normalized spacial score (nSPS) is 17.8. The van der Waals surface area contributed by atoms with E-state index in [4.69, 9.17) is 9.84 Å². The Labute approximate surface area is 90.2 Å². The van der Waals surface area contributed by atoms with Gasteiger partial charge in [0, 0.05) is 11.0 Å². The van der Waals surface area contributed by atoms with Crippen molar-refractivity contribution in [1.29, 1.82) is 0 Å². The molecule has 0 radical (unpaired) electrons. The summed E-state index contributed by atoms with van der Waals surface area (Å²) in [6, 6.07) is 6.14. The molecule has 0 bridgehead atoms. The van der Waals surface area contributed by atoms with Crippen molar-refractivity contribution in [1.82, 2.24) is 0 Å². The van der Waals surface area contributed by atoms with Crippen molar-refractivity contribution in [2.45, 2.75) is 19.3 Å². The van der Waals surface area contributed by atoms with Crippen LogP contribution in [-0.4, -0.2) is 18.3 Å². The molecule has 0 aliphatic carbocycles. The lowest BCUT2D eigenvalue weighted by atomic mass is 9.86. The highest BCUT2D eigenvalue weighted by atomic mass is 16.5. The van der Waals surface area contributed by atoms with E-state index in [0.717, 1.165) is 17.9 Å². The van der Waals surface area contributed by atoms with E-state index in [0.29, 0.717) is 0 Å². The standard InChI is InChI=1S/C13H16O2/c1-13(2)9-15-12-6-5-10(4-3-7-14)8-11(12)13/h3-6,8,14H,7,9H2,1-2H3/b4-3-. The fourth-order valence-corrected chi connectivity index (χ4v) is 1.83. The summed E-state index contributed by atoms with van der Waals surface area (Å²) in [6.07, 6.45) is 3.67. The quantitative estimate of drug-likeness (QED) is 0.801. The molecule has 1 aromatic rings. The van der Waals surface area contributed by atoms with Crippen LogP contribution < -0.4 is 4.74 Å². The minimum Gasteiger partial charge on any atom is -0.492 e. The third kappa shape index (κ3) is 1.90. The first kappa shape index (κ1) is 10.2. The molecular weight excluding hydrogens is 188 g/mol. The molecule has 2 heteroatoms. The number of hydrogen-bond donors (Lipinski definition) is 1. The van der Waals surface area contributed by atoms with Crippen molar-refractivity contribution in [3.05, 3.63) is 35.4 Å². The first-order valence-electron chi connectivity index (χ1n) is 5.18. The predicted octanol–water partition coefficient (Wildman–Crippen LogP) is 2.36. The fourth-order valence-electron chi connectivity index (χ4n) is 1.83. The van der Waals surface area contributed by atoms with Gasteiger partial charge in [0.2, 0.25) is 0 Å². The number of aliphatic hydroxyl groups is 1. The Morgan fingerprint density at radius 1 is 1.47 bits per heavy atom. The number of aliphatic hydroxyl groups excluding tert-OH is 1. The molecule has 0 spiro atoms. The maximum absolute atomic E-state index is 8.71. The van der Waals surface area contributed by atoms with Crippen LogP contribution in [0.4, 0.5) is 0 Å². The lowest BCUT2D eigenvalue weighted by Crippen LogP contribution is -2.18. The zero-order chi connectivity index (χ0) is 10.9. The molecule has 0 amide bonds. The van der Waals surface area contributed by atoms with Crippen LogP contribution in [0.5, 0.6) is 5.75 Å². The third-order valence-electron chi connectivity index (χ3n) is 2.74. The van der Waals surface area contributed by atoms with Gasteiger partial charge in [-0.05, 0) is 17.7 Å². The molecule has 0 fully saturated rings. The number of ether oxygens (including phenoxy) is 1. The molecule has 80 valence electrons. The highest BCUT2D eigenvalue weighted by Gasteiger charge is 2.31. The van der Waals surface area contributed by atoms with Gasteiger partial charge in [-0.2, -0.15) is 0 Å². The van der Waals surface area contributed by atoms with Crippen molar-refractivity contribution < 1.29 is 9.84 Å². The lowest BCUT2D eigenvalue weighted by molar-refractivity contribution is 0.291. The van der Waals surface area contributed by atoms with E-state index in [9.17, 15) is 0 Å². The zero-order valence-electron chi connectivity index (χ0n) is 9.16. The molecule has 0 atom stereocenters. The van der Waals surface area contributed by atoms with Crippen molar-refractivity contribution in [3.63, 3.8) is 0 Å². The first-order valence-corrected chi connectivity index (χ1v) is 5.18. The minimum atomic E-state index is 0.0803. The molecule has 0 saturated carbocycles. The van der Waals surface area contributed by atoms with Crippen LogP contribution in [0.2, 0.25) is 0 Å². The van der Waals surface area contributed by atoms with Gasteiger partial charge in [0.1, 0.15) is 5.75 Å². The highest BCUT2D eigenvalue weighted by Crippen LogP contribution is 2.38. The van der Waals surface area contributed by atoms with Crippen LogP contribution in [0.3, 0.4) is 0 Å². The molecule has 0 aromatic heterocycles. The second-order valence-corrected chi connectivity index (χ2v) is 4.51. The molecule has 1 aliphatic rings. The van der Waals surface area contributed by atoms with Crippen molar-refractivity contribution in [3.8, 4) is 5.75 Å². The average molecular weight is 204 g/mol. The summed E-state index contributed by atoms with van der Waals surface area (Å²) in [4.78, 5) is 0. The molecule has 2 nitrogen and oxygen atoms in total. The van der Waals surface area contributed by atoms with E-state index in [1.54, 1.807) is 6.08 Å². The topological polar surface area (TPSA) is 29.5 Å². The van der Waals surface area contributed by atoms with Gasteiger partial charge < -0.3 is 9.84 Å². The van der Waals surface area contributed by atoms with Crippen LogP contribution in [0.15, 0.2) is 24.3 Å². The van der Waals surface area contributed by atoms with Crippen LogP contribution in [0.25, 0.3) is 6.08 Å². The monoisotopic (exact) mass is 204 g/mol. The maximum Gasteiger partial charge on any atom is 0.123 e. The van der Waals surface area contributed by atoms with Crippen molar-refractivity contribution in [2.24, 2.45) is 0 Å². The first-order chi connectivity index (χ1) is 7.13. The van der Waals surface area contributed by atoms with Gasteiger partial charge >= 0.3 is 0 Å². The molecule has 1 heterocycles. The predicted molar refractivity (Wildman–Crippen MR) is 61.1 cm³/mol. The molecule has 1 aromatic carbocycles. The molecule has 0 unspecified atom stereocenters. The summed E-state index contributed by atoms with van der Waals surface area (Å²) < 4.78 is 5.60. The lowest BCUT2D eigenvalue weighted by Gasteiger charge is -2.15. The summed E-state index contributed by atoms with van der Waals surface area (Å²) in [5.74, 6) is 0.987. The van der Waals surface area contributed by atoms with Crippen LogP contribution in [0, 0.1) is 0 Å². The summed E-state index contributed by atoms with van der Waals surface area (Å²) >= 11 is 0. The van der Waals surface area contributed by atoms with Gasteiger partial charge in [0.25, 0.3) is 0 Å². The molecule has 1 aliphatic heterocycles. The third-order valence-corrected chi connectivity index (χ3v) is 2.74. The van der Waals surface area contributed by atoms with Gasteiger partial charge in [-0.25, -0.2) is 0 Å². The average Bonchev–Trinajstić information content (AvgIpc) is 2.52. The summed E-state index contributed by atoms with van der Waals surface area (Å²) in [5.41, 5.74) is 2.46. The Hall–Kier alpha value is -1.28. The van der Waals surface area contributed by atoms with Gasteiger partial charge in [-0.3, -0.25) is 0 Å². The molecule has 15 heavy (non-hydrogen) atoms. The fraction of sp³-hybridized carbons (Fsp3) is 0.385. The number of rotatable bonds is 2. The van der Waals surface area contributed by atoms with Crippen LogP contribution in [0.1, 0.15) is 25.0 Å². The van der Waals surface area contributed by atoms with E-state index in [-0.39, 0.29) is 12.0 Å². The van der Waals surface area contributed by atoms with Gasteiger partial charge in [-0.1, -0.05) is 32.1 Å². The molecule has 0 saturated heterocycles. The van der Waals surface area contributed by atoms with Crippen molar-refractivity contribution >= 4 is 6.08 Å². The maximum atomic E-state index is 8.71. The van der Waals surface area contributed by atoms with Crippen LogP contribution >= 0.6 is 0 Å². The Balaban J connectivity index is 2.37. The summed E-state index contributed by atoms with van der Waals surface area (Å²) in [5, 5.41) is 8.71. The number of hydrogen-bond acceptors (Lipinski definition) is 2. The molecular formula is C13H16O2. The Morgan fingerprint density at radius 3 is 3.00 bits per heavy atom. The SMILES string of the molecule is CC1(C)COc2ccc(/C=C\CO)cc21. The Kier molecular flexibility index (Phi) is 2.53. The molecule has 2 rings (SSSR count). The summed E-state index contributed by atoms with van der Waals surface area (Å²) in [7, 11) is 0. The van der Waals surface area contributed by atoms with E-state index < -0.39 is 0 Å². The minimum absolute atomic E-state index is 0.0803. The second-order valence-electron chi connectivity index (χ2n) is 4.51. The summed E-state index contributed by atoms with van der Waals surface area (Å²) in [6.45, 7) is 5.18. The smallest absolute Gasteiger partial charge is 0.123 e. The number of fused-ring (bicyclic) bond motifs is 1. The van der Waals surface area contributed by atoms with Crippen LogP contribution in [-0.2, 0) is 5.41 Å². The Morgan fingerprint density at radius 2 is 2.27 bits per heavy atom. The van der Waals surface area contributed by atoms with Gasteiger partial charge in [-0.15, -0.1) is 0 Å². The second kappa shape index (κ2) is 3.70.